The highest BCUT2D eigenvalue weighted by Crippen LogP contribution is 2.34. The molecule has 8 rings (SSSR count). The number of aliphatic hydroxyl groups is 1. The van der Waals surface area contributed by atoms with Crippen molar-refractivity contribution in [3.8, 4) is 21.6 Å². The third-order valence-corrected chi connectivity index (χ3v) is 15.2. The highest BCUT2D eigenvalue weighted by Gasteiger charge is 2.44. The van der Waals surface area contributed by atoms with Gasteiger partial charge in [-0.2, -0.15) is 0 Å². The van der Waals surface area contributed by atoms with E-state index < -0.39 is 23.5 Å². The molecule has 0 aliphatic carbocycles. The summed E-state index contributed by atoms with van der Waals surface area (Å²) in [6.45, 7) is 9.74. The molecule has 15 heteroatoms. The highest BCUT2D eigenvalue weighted by atomic mass is 32.1. The predicted octanol–water partition coefficient (Wildman–Crippen LogP) is 8.78. The number of unbranched alkanes of at least 4 members (excludes halogenated alkanes) is 7. The molecule has 4 atom stereocenters. The Kier molecular flexibility index (Phi) is 16.3. The topological polar surface area (TPSA) is 184 Å². The number of aliphatic hydroxyl groups excluding tert-OH is 1. The first-order valence-electron chi connectivity index (χ1n) is 25.1. The number of aryl methyl sites for hydroxylation is 3. The Morgan fingerprint density at radius 1 is 0.914 bits per heavy atom. The van der Waals surface area contributed by atoms with Crippen LogP contribution in [0.1, 0.15) is 125 Å². The molecular weight excluding hydrogens is 901 g/mol. The molecule has 0 radical (unpaired) electrons. The van der Waals surface area contributed by atoms with E-state index in [4.69, 9.17) is 0 Å². The van der Waals surface area contributed by atoms with Crippen molar-refractivity contribution in [2.75, 3.05) is 6.54 Å². The quantitative estimate of drug-likeness (QED) is 0.0516. The van der Waals surface area contributed by atoms with Gasteiger partial charge in [0.15, 0.2) is 5.65 Å². The van der Waals surface area contributed by atoms with Gasteiger partial charge in [-0.25, -0.2) is 14.8 Å². The van der Waals surface area contributed by atoms with Crippen LogP contribution in [0.15, 0.2) is 89.4 Å². The molecule has 2 aliphatic heterocycles. The summed E-state index contributed by atoms with van der Waals surface area (Å²) >= 11 is 1.70. The largest absolute Gasteiger partial charge is 0.391 e. The van der Waals surface area contributed by atoms with Gasteiger partial charge in [-0.15, -0.1) is 11.3 Å². The van der Waals surface area contributed by atoms with E-state index in [9.17, 15) is 29.1 Å². The maximum atomic E-state index is 14.1. The summed E-state index contributed by atoms with van der Waals surface area (Å²) in [7, 11) is 0. The zero-order valence-electron chi connectivity index (χ0n) is 41.0. The van der Waals surface area contributed by atoms with Gasteiger partial charge in [-0.05, 0) is 83.5 Å². The smallest absolute Gasteiger partial charge is 0.327 e. The molecule has 0 bridgehead atoms. The summed E-state index contributed by atoms with van der Waals surface area (Å²) in [6.07, 6.45) is 14.6. The lowest BCUT2D eigenvalue weighted by molar-refractivity contribution is -0.146. The molecule has 14 nitrogen and oxygen atoms in total. The molecule has 70 heavy (non-hydrogen) atoms. The number of H-pyrrole nitrogens is 1. The highest BCUT2D eigenvalue weighted by molar-refractivity contribution is 7.13. The van der Waals surface area contributed by atoms with Gasteiger partial charge in [-0.1, -0.05) is 95.7 Å². The number of carbonyl (C=O) groups excluding carboxylic acids is 4. The molecule has 0 spiro atoms. The van der Waals surface area contributed by atoms with Crippen LogP contribution in [0.4, 0.5) is 0 Å². The number of pyridine rings is 1. The van der Waals surface area contributed by atoms with Gasteiger partial charge < -0.3 is 25.2 Å². The second-order valence-corrected chi connectivity index (χ2v) is 21.4. The minimum atomic E-state index is -0.807. The Labute approximate surface area is 414 Å². The molecular formula is C55H68N8O6S. The number of nitrogens with one attached hydrogen (secondary N) is 3. The minimum Gasteiger partial charge on any atom is -0.391 e. The summed E-state index contributed by atoms with van der Waals surface area (Å²) in [5, 5.41) is 18.9. The normalized spacial score (nSPS) is 17.4. The van der Waals surface area contributed by atoms with E-state index in [1.165, 1.54) is 15.3 Å². The molecule has 0 saturated carbocycles. The van der Waals surface area contributed by atoms with E-state index in [1.54, 1.807) is 28.3 Å². The van der Waals surface area contributed by atoms with Crippen molar-refractivity contribution in [3.63, 3.8) is 0 Å². The van der Waals surface area contributed by atoms with Gasteiger partial charge in [0.05, 0.1) is 11.6 Å². The van der Waals surface area contributed by atoms with Crippen LogP contribution >= 0.6 is 11.3 Å². The summed E-state index contributed by atoms with van der Waals surface area (Å²) in [5.41, 5.74) is 6.13. The fourth-order valence-electron chi connectivity index (χ4n) is 10.00. The first-order valence-corrected chi connectivity index (χ1v) is 26.0. The van der Waals surface area contributed by atoms with Crippen LogP contribution in [-0.2, 0) is 40.4 Å². The Morgan fingerprint density at radius 2 is 1.67 bits per heavy atom. The molecule has 6 heterocycles. The zero-order chi connectivity index (χ0) is 49.4. The van der Waals surface area contributed by atoms with Crippen LogP contribution < -0.4 is 16.3 Å². The van der Waals surface area contributed by atoms with Gasteiger partial charge in [0.1, 0.15) is 17.6 Å². The molecule has 4 N–H and O–H groups in total. The summed E-state index contributed by atoms with van der Waals surface area (Å²) in [6, 6.07) is 18.9. The maximum absolute atomic E-state index is 14.1. The molecule has 370 valence electrons. The maximum Gasteiger partial charge on any atom is 0.327 e. The predicted molar refractivity (Wildman–Crippen MR) is 274 cm³/mol. The number of rotatable bonds is 21. The summed E-state index contributed by atoms with van der Waals surface area (Å²) < 4.78 is 3.88. The molecule has 4 aromatic heterocycles. The second kappa shape index (κ2) is 22.7. The number of Topliss-reactive ketones (excluding diaryl/α,β-unsaturated/α-hetero) is 1. The number of β-amino-alcohol motifs (C(OH)–C–C–N with tert-alkyl or cyclic N) is 1. The summed E-state index contributed by atoms with van der Waals surface area (Å²) in [5.74, 6) is -0.250. The van der Waals surface area contributed by atoms with Gasteiger partial charge in [0.25, 0.3) is 5.91 Å². The summed E-state index contributed by atoms with van der Waals surface area (Å²) in [4.78, 5) is 81.8. The first kappa shape index (κ1) is 50.2. The van der Waals surface area contributed by atoms with E-state index >= 15 is 0 Å². The molecule has 3 amide bonds. The number of imidazole rings is 2. The van der Waals surface area contributed by atoms with Gasteiger partial charge >= 0.3 is 5.69 Å². The van der Waals surface area contributed by atoms with Crippen molar-refractivity contribution in [1.29, 1.82) is 0 Å². The number of carbonyl (C=O) groups is 4. The Balaban J connectivity index is 0.735. The number of aromatic amines is 1. The number of fused-ring (bicyclic) bond motifs is 2. The van der Waals surface area contributed by atoms with Crippen molar-refractivity contribution in [3.05, 3.63) is 118 Å². The van der Waals surface area contributed by atoms with Crippen LogP contribution in [0.25, 0.3) is 32.7 Å². The molecule has 6 aromatic rings. The van der Waals surface area contributed by atoms with Gasteiger partial charge in [-0.3, -0.25) is 28.7 Å². The Bertz CT molecular complexity index is 2830. The molecule has 1 unspecified atom stereocenters. The number of thiophene rings is 1. The number of amides is 3. The molecule has 2 aromatic carbocycles. The average Bonchev–Trinajstić information content (AvgIpc) is 4.16. The monoisotopic (exact) mass is 968 g/mol. The van der Waals surface area contributed by atoms with Crippen LogP contribution in [0.3, 0.4) is 0 Å². The fourth-order valence-corrected chi connectivity index (χ4v) is 10.9. The number of benzene rings is 2. The van der Waals surface area contributed by atoms with Gasteiger partial charge in [0, 0.05) is 98.4 Å². The molecule has 2 aliphatic rings. The van der Waals surface area contributed by atoms with Crippen LogP contribution in [-0.4, -0.2) is 82.3 Å². The van der Waals surface area contributed by atoms with Crippen LogP contribution in [0.5, 0.6) is 0 Å². The zero-order valence-corrected chi connectivity index (χ0v) is 41.9. The fraction of sp³-hybridized carbons (Fsp3) is 0.473. The SMILES string of the molecule is Cc1ccsc1-c1ccc(CNC(=O)[C@H]2C[C@H](O)CN2C(=O)[C@H](CC(=O)CCCCCCCCCCn2c(=O)[nH]c3ncc(-c4cccc(C(=O)NC5CCn6ccnc6C5)c4)cc32)C(C)(C)C)cc1. The van der Waals surface area contributed by atoms with Crippen LogP contribution in [0, 0.1) is 18.3 Å². The average molecular weight is 969 g/mol. The van der Waals surface area contributed by atoms with Crippen LogP contribution in [0.2, 0.25) is 0 Å². The molecule has 1 saturated heterocycles. The van der Waals surface area contributed by atoms with E-state index in [-0.39, 0.29) is 54.6 Å². The lowest BCUT2D eigenvalue weighted by Gasteiger charge is -2.34. The van der Waals surface area contributed by atoms with Crippen molar-refractivity contribution < 1.29 is 24.3 Å². The first-order chi connectivity index (χ1) is 33.7. The number of likely N-dealkylation sites (tertiary alicyclic amines) is 1. The minimum absolute atomic E-state index is 0.0268. The lowest BCUT2D eigenvalue weighted by Crippen LogP contribution is -2.50. The van der Waals surface area contributed by atoms with Crippen molar-refractivity contribution in [2.45, 2.75) is 149 Å². The third-order valence-electron chi connectivity index (χ3n) is 14.1. The van der Waals surface area contributed by atoms with E-state index in [0.717, 1.165) is 97.9 Å². The second-order valence-electron chi connectivity index (χ2n) is 20.4. The number of aromatic nitrogens is 5. The molecule has 1 fully saturated rings. The van der Waals surface area contributed by atoms with Crippen molar-refractivity contribution in [2.24, 2.45) is 11.3 Å². The standard InChI is InChI=1S/C55H68N8O6S/c1-36-22-27-70-49(36)38-19-17-37(18-20-38)33-58-52(67)47-32-44(65)35-63(47)53(68)45(55(2,3)4)31-43(64)16-11-9-7-5-6-8-10-12-24-62-46-29-41(34-57-50(46)60-54(62)69)39-14-13-15-40(28-39)51(66)59-42-21-25-61-26-23-56-48(61)30-42/h13-15,17-20,22-23,26-29,34,42,44-45,47,65H,5-12,16,21,24-25,30-33,35H2,1-4H3,(H,58,67)(H,59,66)(H,57,60,69)/t42?,44-,45-,47+/m0/s1. The number of ketones is 1. The Hall–Kier alpha value is -6.19. The lowest BCUT2D eigenvalue weighted by atomic mass is 9.76. The number of nitrogens with zero attached hydrogens (tertiary/aromatic N) is 5. The van der Waals surface area contributed by atoms with E-state index in [2.05, 4.69) is 60.7 Å². The number of hydrogen-bond donors (Lipinski definition) is 4. The number of hydrogen-bond acceptors (Lipinski definition) is 9. The van der Waals surface area contributed by atoms with E-state index in [1.807, 2.05) is 69.4 Å². The third kappa shape index (κ3) is 12.4. The van der Waals surface area contributed by atoms with Crippen molar-refractivity contribution in [1.82, 2.24) is 39.6 Å². The van der Waals surface area contributed by atoms with Gasteiger partial charge in [0.2, 0.25) is 11.8 Å². The van der Waals surface area contributed by atoms with E-state index in [0.29, 0.717) is 37.1 Å². The Morgan fingerprint density at radius 3 is 2.41 bits per heavy atom. The van der Waals surface area contributed by atoms with Crippen molar-refractivity contribution >= 4 is 46.0 Å².